The molecule has 0 aliphatic rings. The Morgan fingerprint density at radius 3 is 2.38 bits per heavy atom. The number of hydrogen-bond acceptors (Lipinski definition) is 1. The Bertz CT molecular complexity index is 660. The van der Waals surface area contributed by atoms with Crippen molar-refractivity contribution in [1.82, 2.24) is 0 Å². The third-order valence-corrected chi connectivity index (χ3v) is 5.20. The van der Waals surface area contributed by atoms with Gasteiger partial charge in [0.25, 0.3) is 0 Å². The molecular weight excluding hydrogens is 418 g/mol. The highest BCUT2D eigenvalue weighted by Crippen LogP contribution is 2.40. The number of hydrogen-bond donors (Lipinski definition) is 0. The van der Waals surface area contributed by atoms with Crippen molar-refractivity contribution < 1.29 is 4.74 Å². The van der Waals surface area contributed by atoms with Gasteiger partial charge in [-0.15, -0.1) is 11.6 Å². The lowest BCUT2D eigenvalue weighted by molar-refractivity contribution is 0.340. The van der Waals surface area contributed by atoms with E-state index in [-0.39, 0.29) is 0 Å². The summed E-state index contributed by atoms with van der Waals surface area (Å²) < 4.78 is 6.22. The molecule has 0 saturated heterocycles. The largest absolute Gasteiger partial charge is 0.492 e. The minimum absolute atomic E-state index is 0.448. The van der Waals surface area contributed by atoms with Gasteiger partial charge in [-0.25, -0.2) is 0 Å². The number of halogens is 5. The molecule has 6 heteroatoms. The zero-order chi connectivity index (χ0) is 15.6. The zero-order valence-electron chi connectivity index (χ0n) is 11.0. The fourth-order valence-corrected chi connectivity index (χ4v) is 3.15. The van der Waals surface area contributed by atoms with Gasteiger partial charge >= 0.3 is 0 Å². The van der Waals surface area contributed by atoms with Crippen molar-refractivity contribution in [3.05, 3.63) is 61.0 Å². The highest BCUT2D eigenvalue weighted by molar-refractivity contribution is 9.10. The van der Waals surface area contributed by atoms with Crippen LogP contribution in [0.5, 0.6) is 5.75 Å². The van der Waals surface area contributed by atoms with Gasteiger partial charge in [-0.05, 0) is 52.2 Å². The number of rotatable bonds is 4. The predicted molar refractivity (Wildman–Crippen MR) is 94.5 cm³/mol. The van der Waals surface area contributed by atoms with Crippen LogP contribution in [-0.4, -0.2) is 6.61 Å². The van der Waals surface area contributed by atoms with Crippen molar-refractivity contribution in [1.29, 1.82) is 0 Å². The molecule has 2 rings (SSSR count). The van der Waals surface area contributed by atoms with Crippen molar-refractivity contribution in [2.45, 2.75) is 12.3 Å². The number of alkyl halides is 1. The molecule has 0 amide bonds. The molecule has 1 atom stereocenters. The lowest BCUT2D eigenvalue weighted by Gasteiger charge is -2.15. The monoisotopic (exact) mass is 426 g/mol. The average Bonchev–Trinajstić information content (AvgIpc) is 2.45. The van der Waals surface area contributed by atoms with Crippen LogP contribution in [0, 0.1) is 0 Å². The molecule has 2 aromatic carbocycles. The molecule has 0 heterocycles. The minimum atomic E-state index is -0.448. The molecule has 0 spiro atoms. The maximum atomic E-state index is 6.50. The van der Waals surface area contributed by atoms with Crippen LogP contribution in [-0.2, 0) is 0 Å². The summed E-state index contributed by atoms with van der Waals surface area (Å²) in [5, 5.41) is 1.12. The lowest BCUT2D eigenvalue weighted by Crippen LogP contribution is -1.98. The number of benzene rings is 2. The van der Waals surface area contributed by atoms with Crippen molar-refractivity contribution in [2.24, 2.45) is 0 Å². The van der Waals surface area contributed by atoms with E-state index in [1.54, 1.807) is 18.2 Å². The Morgan fingerprint density at radius 2 is 1.76 bits per heavy atom. The predicted octanol–water partition coefficient (Wildman–Crippen LogP) is 7.14. The second-order valence-corrected chi connectivity index (χ2v) is 6.79. The van der Waals surface area contributed by atoms with Gasteiger partial charge in [-0.2, -0.15) is 0 Å². The van der Waals surface area contributed by atoms with Gasteiger partial charge in [-0.1, -0.05) is 40.9 Å². The van der Waals surface area contributed by atoms with E-state index in [9.17, 15) is 0 Å². The smallest absolute Gasteiger partial charge is 0.139 e. The van der Waals surface area contributed by atoms with Crippen LogP contribution in [0.15, 0.2) is 34.8 Å². The van der Waals surface area contributed by atoms with Gasteiger partial charge in [0.05, 0.1) is 22.0 Å². The summed E-state index contributed by atoms with van der Waals surface area (Å²) in [6.45, 7) is 2.40. The molecule has 0 bridgehead atoms. The van der Waals surface area contributed by atoms with E-state index in [2.05, 4.69) is 15.9 Å². The first kappa shape index (κ1) is 17.2. The van der Waals surface area contributed by atoms with Crippen molar-refractivity contribution >= 4 is 62.3 Å². The molecule has 0 aromatic heterocycles. The Kier molecular flexibility index (Phi) is 6.10. The third kappa shape index (κ3) is 4.00. The topological polar surface area (TPSA) is 9.23 Å². The molecule has 0 aliphatic carbocycles. The first-order chi connectivity index (χ1) is 9.93. The number of ether oxygens (including phenoxy) is 1. The molecule has 0 aliphatic heterocycles. The molecule has 112 valence electrons. The van der Waals surface area contributed by atoms with E-state index >= 15 is 0 Å². The Hall–Kier alpha value is -0.120. The molecule has 2 aromatic rings. The molecular formula is C15H11BrCl4O. The standard InChI is InChI=1S/C15H11BrCl4O/c1-2-21-14-7-11(17)9(6-13(14)19)15(20)8-3-4-10(16)12(18)5-8/h3-7,15H,2H2,1H3. The van der Waals surface area contributed by atoms with Gasteiger partial charge in [0, 0.05) is 15.6 Å². The quantitative estimate of drug-likeness (QED) is 0.470. The molecule has 1 unspecified atom stereocenters. The molecule has 1 nitrogen and oxygen atoms in total. The first-order valence-electron chi connectivity index (χ1n) is 6.14. The summed E-state index contributed by atoms with van der Waals surface area (Å²) in [5.74, 6) is 0.547. The molecule has 21 heavy (non-hydrogen) atoms. The van der Waals surface area contributed by atoms with Crippen LogP contribution in [0.2, 0.25) is 15.1 Å². The van der Waals surface area contributed by atoms with E-state index in [1.807, 2.05) is 19.1 Å². The van der Waals surface area contributed by atoms with Crippen molar-refractivity contribution in [3.8, 4) is 5.75 Å². The van der Waals surface area contributed by atoms with E-state index in [0.29, 0.717) is 33.0 Å². The van der Waals surface area contributed by atoms with Crippen LogP contribution in [0.4, 0.5) is 0 Å². The SMILES string of the molecule is CCOc1cc(Cl)c(C(Cl)c2ccc(Br)c(Cl)c2)cc1Cl. The van der Waals surface area contributed by atoms with E-state index in [1.165, 1.54) is 0 Å². The molecule has 0 N–H and O–H groups in total. The normalized spacial score (nSPS) is 12.3. The summed E-state index contributed by atoms with van der Waals surface area (Å²) in [7, 11) is 0. The fraction of sp³-hybridized carbons (Fsp3) is 0.200. The van der Waals surface area contributed by atoms with Crippen LogP contribution < -0.4 is 4.74 Å². The van der Waals surface area contributed by atoms with E-state index in [4.69, 9.17) is 51.1 Å². The summed E-state index contributed by atoms with van der Waals surface area (Å²) in [4.78, 5) is 0. The van der Waals surface area contributed by atoms with Crippen LogP contribution >= 0.6 is 62.3 Å². The van der Waals surface area contributed by atoms with Gasteiger partial charge < -0.3 is 4.74 Å². The zero-order valence-corrected chi connectivity index (χ0v) is 15.6. The Morgan fingerprint density at radius 1 is 1.05 bits per heavy atom. The van der Waals surface area contributed by atoms with E-state index < -0.39 is 5.38 Å². The molecule has 0 radical (unpaired) electrons. The Labute approximate surface area is 152 Å². The maximum absolute atomic E-state index is 6.50. The van der Waals surface area contributed by atoms with Crippen LogP contribution in [0.25, 0.3) is 0 Å². The van der Waals surface area contributed by atoms with Crippen LogP contribution in [0.3, 0.4) is 0 Å². The summed E-state index contributed by atoms with van der Waals surface area (Å²) in [6, 6.07) is 8.93. The fourth-order valence-electron chi connectivity index (χ4n) is 1.85. The average molecular weight is 429 g/mol. The molecule has 0 fully saturated rings. The summed E-state index contributed by atoms with van der Waals surface area (Å²) in [6.07, 6.45) is 0. The second kappa shape index (κ2) is 7.43. The first-order valence-corrected chi connectivity index (χ1v) is 8.51. The highest BCUT2D eigenvalue weighted by atomic mass is 79.9. The second-order valence-electron chi connectivity index (χ2n) is 4.27. The summed E-state index contributed by atoms with van der Waals surface area (Å²) >= 11 is 28.4. The maximum Gasteiger partial charge on any atom is 0.139 e. The minimum Gasteiger partial charge on any atom is -0.492 e. The van der Waals surface area contributed by atoms with Crippen LogP contribution in [0.1, 0.15) is 23.4 Å². The van der Waals surface area contributed by atoms with Crippen molar-refractivity contribution in [3.63, 3.8) is 0 Å². The highest BCUT2D eigenvalue weighted by Gasteiger charge is 2.18. The van der Waals surface area contributed by atoms with Gasteiger partial charge in [0.2, 0.25) is 0 Å². The van der Waals surface area contributed by atoms with E-state index in [0.717, 1.165) is 10.0 Å². The van der Waals surface area contributed by atoms with Crippen molar-refractivity contribution in [2.75, 3.05) is 6.61 Å². The lowest BCUT2D eigenvalue weighted by atomic mass is 10.0. The Balaban J connectivity index is 2.40. The summed E-state index contributed by atoms with van der Waals surface area (Å²) in [5.41, 5.74) is 1.55. The van der Waals surface area contributed by atoms with Gasteiger partial charge in [0.15, 0.2) is 0 Å². The van der Waals surface area contributed by atoms with Gasteiger partial charge in [0.1, 0.15) is 5.75 Å². The third-order valence-electron chi connectivity index (χ3n) is 2.86. The van der Waals surface area contributed by atoms with Gasteiger partial charge in [-0.3, -0.25) is 0 Å². The molecule has 0 saturated carbocycles.